The number of nitrogens with zero attached hydrogens (tertiary/aromatic N) is 3. The quantitative estimate of drug-likeness (QED) is 0.322. The summed E-state index contributed by atoms with van der Waals surface area (Å²) >= 11 is 0. The number of carbonyl (C=O) groups excluding carboxylic acids is 1. The molecular weight excluding hydrogens is 234 g/mol. The Labute approximate surface area is 105 Å². The molecule has 1 rings (SSSR count). The zero-order valence-corrected chi connectivity index (χ0v) is 10.2. The number of carbonyl (C=O) groups is 1. The van der Waals surface area contributed by atoms with E-state index >= 15 is 0 Å². The van der Waals surface area contributed by atoms with E-state index in [9.17, 15) is 4.79 Å². The minimum atomic E-state index is -0.498. The van der Waals surface area contributed by atoms with Crippen LogP contribution in [0.4, 0.5) is 0 Å². The van der Waals surface area contributed by atoms with Crippen molar-refractivity contribution in [3.63, 3.8) is 0 Å². The zero-order valence-electron chi connectivity index (χ0n) is 10.2. The van der Waals surface area contributed by atoms with Crippen LogP contribution in [0, 0.1) is 0 Å². The molecule has 6 heteroatoms. The maximum Gasteiger partial charge on any atom is 0.302 e. The molecule has 0 saturated carbocycles. The van der Waals surface area contributed by atoms with Crippen LogP contribution in [0.2, 0.25) is 0 Å². The highest BCUT2D eigenvalue weighted by molar-refractivity contribution is 5.65. The van der Waals surface area contributed by atoms with E-state index in [0.717, 1.165) is 5.56 Å². The van der Waals surface area contributed by atoms with E-state index in [-0.39, 0.29) is 13.2 Å². The molecule has 0 fully saturated rings. The van der Waals surface area contributed by atoms with Crippen molar-refractivity contribution in [2.45, 2.75) is 19.6 Å². The van der Waals surface area contributed by atoms with Gasteiger partial charge >= 0.3 is 5.97 Å². The molecule has 1 aromatic carbocycles. The minimum Gasteiger partial charge on any atom is -0.465 e. The van der Waals surface area contributed by atoms with E-state index < -0.39 is 12.0 Å². The van der Waals surface area contributed by atoms with Gasteiger partial charge in [-0.15, -0.1) is 0 Å². The lowest BCUT2D eigenvalue weighted by Gasteiger charge is -2.11. The van der Waals surface area contributed by atoms with Gasteiger partial charge in [0, 0.05) is 11.8 Å². The lowest BCUT2D eigenvalue weighted by molar-refractivity contribution is -0.141. The molecule has 18 heavy (non-hydrogen) atoms. The van der Waals surface area contributed by atoms with Crippen LogP contribution >= 0.6 is 0 Å². The van der Waals surface area contributed by atoms with Gasteiger partial charge in [0.15, 0.2) is 0 Å². The summed E-state index contributed by atoms with van der Waals surface area (Å²) in [6.07, 6.45) is 0. The SMILES string of the molecule is CC(=O)OCC(COCc1ccccc1)N=[N+]=[N-]. The minimum absolute atomic E-state index is 0.0359. The van der Waals surface area contributed by atoms with Crippen molar-refractivity contribution in [1.82, 2.24) is 0 Å². The van der Waals surface area contributed by atoms with Crippen molar-refractivity contribution in [3.8, 4) is 0 Å². The van der Waals surface area contributed by atoms with Crippen LogP contribution in [0.3, 0.4) is 0 Å². The molecular formula is C12H15N3O3. The van der Waals surface area contributed by atoms with Gasteiger partial charge < -0.3 is 9.47 Å². The molecule has 0 amide bonds. The molecule has 0 aliphatic heterocycles. The van der Waals surface area contributed by atoms with E-state index in [2.05, 4.69) is 10.0 Å². The largest absolute Gasteiger partial charge is 0.465 e. The van der Waals surface area contributed by atoms with E-state index in [1.807, 2.05) is 30.3 Å². The van der Waals surface area contributed by atoms with Gasteiger partial charge in [-0.1, -0.05) is 35.4 Å². The average Bonchev–Trinajstić information content (AvgIpc) is 2.37. The Hall–Kier alpha value is -2.04. The summed E-state index contributed by atoms with van der Waals surface area (Å²) in [5.41, 5.74) is 9.41. The van der Waals surface area contributed by atoms with Crippen LogP contribution in [0.15, 0.2) is 35.4 Å². The molecule has 0 saturated heterocycles. The topological polar surface area (TPSA) is 84.3 Å². The van der Waals surface area contributed by atoms with Crippen LogP contribution in [-0.2, 0) is 20.9 Å². The van der Waals surface area contributed by atoms with Gasteiger partial charge in [0.05, 0.1) is 19.3 Å². The van der Waals surface area contributed by atoms with Gasteiger partial charge in [0.25, 0.3) is 0 Å². The normalized spacial score (nSPS) is 11.4. The maximum absolute atomic E-state index is 10.6. The lowest BCUT2D eigenvalue weighted by Crippen LogP contribution is -2.21. The molecule has 0 aromatic heterocycles. The van der Waals surface area contributed by atoms with Crippen LogP contribution in [0.25, 0.3) is 10.4 Å². The van der Waals surface area contributed by atoms with E-state index in [1.165, 1.54) is 6.92 Å². The molecule has 1 unspecified atom stereocenters. The Morgan fingerprint density at radius 1 is 1.39 bits per heavy atom. The number of hydrogen-bond donors (Lipinski definition) is 0. The number of rotatable bonds is 7. The van der Waals surface area contributed by atoms with Gasteiger partial charge in [-0.2, -0.15) is 0 Å². The zero-order chi connectivity index (χ0) is 13.2. The van der Waals surface area contributed by atoms with Crippen LogP contribution in [-0.4, -0.2) is 25.2 Å². The fourth-order valence-corrected chi connectivity index (χ4v) is 1.29. The first-order valence-corrected chi connectivity index (χ1v) is 5.51. The molecule has 96 valence electrons. The fourth-order valence-electron chi connectivity index (χ4n) is 1.29. The molecule has 0 aliphatic carbocycles. The molecule has 0 spiro atoms. The van der Waals surface area contributed by atoms with Gasteiger partial charge in [0.2, 0.25) is 0 Å². The second kappa shape index (κ2) is 8.11. The summed E-state index contributed by atoms with van der Waals surface area (Å²) in [6, 6.07) is 9.14. The van der Waals surface area contributed by atoms with Crippen molar-refractivity contribution >= 4 is 5.97 Å². The second-order valence-electron chi connectivity index (χ2n) is 3.66. The van der Waals surface area contributed by atoms with Gasteiger partial charge in [-0.25, -0.2) is 0 Å². The van der Waals surface area contributed by atoms with Crippen molar-refractivity contribution in [3.05, 3.63) is 46.3 Å². The summed E-state index contributed by atoms with van der Waals surface area (Å²) in [5.74, 6) is -0.406. The molecule has 6 nitrogen and oxygen atoms in total. The number of azide groups is 1. The maximum atomic E-state index is 10.6. The number of benzene rings is 1. The third-order valence-electron chi connectivity index (χ3n) is 2.12. The first-order valence-electron chi connectivity index (χ1n) is 5.51. The van der Waals surface area contributed by atoms with E-state index in [4.69, 9.17) is 15.0 Å². The first-order chi connectivity index (χ1) is 8.72. The number of ether oxygens (including phenoxy) is 2. The third-order valence-corrected chi connectivity index (χ3v) is 2.12. The van der Waals surface area contributed by atoms with E-state index in [1.54, 1.807) is 0 Å². The highest BCUT2D eigenvalue weighted by Crippen LogP contribution is 2.03. The van der Waals surface area contributed by atoms with E-state index in [0.29, 0.717) is 6.61 Å². The van der Waals surface area contributed by atoms with Gasteiger partial charge in [-0.3, -0.25) is 4.79 Å². The monoisotopic (exact) mass is 249 g/mol. The molecule has 1 atom stereocenters. The standard InChI is InChI=1S/C12H15N3O3/c1-10(16)18-9-12(14-15-13)8-17-7-11-5-3-2-4-6-11/h2-6,12H,7-9H2,1H3. The Bertz CT molecular complexity index is 416. The molecule has 0 radical (unpaired) electrons. The average molecular weight is 249 g/mol. The Balaban J connectivity index is 2.33. The van der Waals surface area contributed by atoms with Crippen molar-refractivity contribution in [2.75, 3.05) is 13.2 Å². The van der Waals surface area contributed by atoms with Crippen molar-refractivity contribution < 1.29 is 14.3 Å². The predicted molar refractivity (Wildman–Crippen MR) is 65.7 cm³/mol. The summed E-state index contributed by atoms with van der Waals surface area (Å²) in [6.45, 7) is 1.98. The summed E-state index contributed by atoms with van der Waals surface area (Å²) < 4.78 is 10.2. The Morgan fingerprint density at radius 3 is 2.72 bits per heavy atom. The molecule has 0 N–H and O–H groups in total. The first kappa shape index (κ1) is 14.0. The van der Waals surface area contributed by atoms with Crippen molar-refractivity contribution in [2.24, 2.45) is 5.11 Å². The van der Waals surface area contributed by atoms with Crippen molar-refractivity contribution in [1.29, 1.82) is 0 Å². The molecule has 1 aromatic rings. The highest BCUT2D eigenvalue weighted by atomic mass is 16.5. The summed E-state index contributed by atoms with van der Waals surface area (Å²) in [4.78, 5) is 13.3. The lowest BCUT2D eigenvalue weighted by atomic mass is 10.2. The fraction of sp³-hybridized carbons (Fsp3) is 0.417. The van der Waals surface area contributed by atoms with Gasteiger partial charge in [-0.05, 0) is 11.1 Å². The number of hydrogen-bond acceptors (Lipinski definition) is 4. The highest BCUT2D eigenvalue weighted by Gasteiger charge is 2.08. The summed E-state index contributed by atoms with van der Waals surface area (Å²) in [7, 11) is 0. The van der Waals surface area contributed by atoms with Gasteiger partial charge in [0.1, 0.15) is 6.61 Å². The van der Waals surface area contributed by atoms with Crippen LogP contribution < -0.4 is 0 Å². The molecule has 0 heterocycles. The second-order valence-corrected chi connectivity index (χ2v) is 3.66. The Kier molecular flexibility index (Phi) is 6.32. The molecule has 0 bridgehead atoms. The van der Waals surface area contributed by atoms with Crippen LogP contribution in [0.1, 0.15) is 12.5 Å². The van der Waals surface area contributed by atoms with Crippen LogP contribution in [0.5, 0.6) is 0 Å². The molecule has 0 aliphatic rings. The predicted octanol–water partition coefficient (Wildman–Crippen LogP) is 2.45. The Morgan fingerprint density at radius 2 is 2.11 bits per heavy atom. The number of esters is 1. The smallest absolute Gasteiger partial charge is 0.302 e. The summed E-state index contributed by atoms with van der Waals surface area (Å²) in [5, 5.41) is 3.51. The third kappa shape index (κ3) is 5.89.